The van der Waals surface area contributed by atoms with Crippen LogP contribution < -0.4 is 10.2 Å². The van der Waals surface area contributed by atoms with E-state index in [2.05, 4.69) is 39.4 Å². The van der Waals surface area contributed by atoms with Crippen molar-refractivity contribution in [3.8, 4) is 0 Å². The third-order valence-electron chi connectivity index (χ3n) is 7.43. The topological polar surface area (TPSA) is 52.6 Å². The van der Waals surface area contributed by atoms with Gasteiger partial charge in [0.2, 0.25) is 11.8 Å². The van der Waals surface area contributed by atoms with Crippen molar-refractivity contribution in [1.29, 1.82) is 0 Å². The van der Waals surface area contributed by atoms with Gasteiger partial charge in [0.1, 0.15) is 0 Å². The molecule has 2 heterocycles. The Morgan fingerprint density at radius 2 is 1.69 bits per heavy atom. The van der Waals surface area contributed by atoms with Gasteiger partial charge in [-0.05, 0) is 49.9 Å². The summed E-state index contributed by atoms with van der Waals surface area (Å²) >= 11 is 0. The molecule has 3 fully saturated rings. The van der Waals surface area contributed by atoms with Crippen LogP contribution in [-0.4, -0.2) is 49.4 Å². The van der Waals surface area contributed by atoms with Crippen LogP contribution in [0.2, 0.25) is 0 Å². The van der Waals surface area contributed by atoms with Gasteiger partial charge in [0.25, 0.3) is 0 Å². The molecule has 1 atom stereocenters. The summed E-state index contributed by atoms with van der Waals surface area (Å²) < 4.78 is 0. The normalized spacial score (nSPS) is 27.1. The van der Waals surface area contributed by atoms with E-state index in [0.29, 0.717) is 12.8 Å². The minimum absolute atomic E-state index is 0.162. The Labute approximate surface area is 174 Å². The molecule has 2 amide bonds. The number of amides is 2. The van der Waals surface area contributed by atoms with Gasteiger partial charge in [-0.2, -0.15) is 0 Å². The second-order valence-corrected chi connectivity index (χ2v) is 9.38. The SMILES string of the molecule is C[C@]1(c2ccc(N3CCN(CCC4CCCCC4)CC3)cc2)CCC(=O)NC1=O. The molecule has 5 heteroatoms. The monoisotopic (exact) mass is 397 g/mol. The molecular weight excluding hydrogens is 362 g/mol. The Bertz CT molecular complexity index is 718. The number of piperazine rings is 1. The van der Waals surface area contributed by atoms with E-state index in [0.717, 1.165) is 37.7 Å². The number of nitrogens with one attached hydrogen (secondary N) is 1. The minimum atomic E-state index is -0.607. The number of anilines is 1. The highest BCUT2D eigenvalue weighted by molar-refractivity contribution is 6.03. The van der Waals surface area contributed by atoms with Crippen LogP contribution in [0, 0.1) is 5.92 Å². The molecule has 0 bridgehead atoms. The second-order valence-electron chi connectivity index (χ2n) is 9.38. The van der Waals surface area contributed by atoms with E-state index in [4.69, 9.17) is 0 Å². The molecule has 2 aliphatic heterocycles. The van der Waals surface area contributed by atoms with Gasteiger partial charge in [-0.25, -0.2) is 0 Å². The lowest BCUT2D eigenvalue weighted by Gasteiger charge is -2.37. The second kappa shape index (κ2) is 8.86. The lowest BCUT2D eigenvalue weighted by molar-refractivity contribution is -0.137. The molecule has 0 spiro atoms. The molecule has 4 rings (SSSR count). The van der Waals surface area contributed by atoms with Crippen molar-refractivity contribution in [2.75, 3.05) is 37.6 Å². The summed E-state index contributed by atoms with van der Waals surface area (Å²) in [5.74, 6) is 0.626. The average Bonchev–Trinajstić information content (AvgIpc) is 2.76. The highest BCUT2D eigenvalue weighted by atomic mass is 16.2. The summed E-state index contributed by atoms with van der Waals surface area (Å²) in [5, 5.41) is 2.49. The first kappa shape index (κ1) is 20.4. The van der Waals surface area contributed by atoms with Crippen LogP contribution in [-0.2, 0) is 15.0 Å². The van der Waals surface area contributed by atoms with Gasteiger partial charge >= 0.3 is 0 Å². The van der Waals surface area contributed by atoms with Crippen molar-refractivity contribution < 1.29 is 9.59 Å². The first-order valence-corrected chi connectivity index (χ1v) is 11.5. The average molecular weight is 398 g/mol. The zero-order chi connectivity index (χ0) is 20.3. The lowest BCUT2D eigenvalue weighted by atomic mass is 9.75. The van der Waals surface area contributed by atoms with E-state index < -0.39 is 5.41 Å². The van der Waals surface area contributed by atoms with E-state index in [1.165, 1.54) is 50.8 Å². The number of carbonyl (C=O) groups is 2. The maximum absolute atomic E-state index is 12.4. The lowest BCUT2D eigenvalue weighted by Crippen LogP contribution is -2.49. The number of carbonyl (C=O) groups excluding carboxylic acids is 2. The van der Waals surface area contributed by atoms with Gasteiger partial charge in [-0.3, -0.25) is 19.8 Å². The van der Waals surface area contributed by atoms with Crippen molar-refractivity contribution in [3.05, 3.63) is 29.8 Å². The maximum atomic E-state index is 12.4. The van der Waals surface area contributed by atoms with Crippen molar-refractivity contribution in [3.63, 3.8) is 0 Å². The fourth-order valence-corrected chi connectivity index (χ4v) is 5.19. The van der Waals surface area contributed by atoms with Gasteiger partial charge in [-0.1, -0.05) is 44.2 Å². The number of hydrogen-bond donors (Lipinski definition) is 1. The molecular formula is C24H35N3O2. The van der Waals surface area contributed by atoms with Crippen molar-refractivity contribution >= 4 is 17.5 Å². The summed E-state index contributed by atoms with van der Waals surface area (Å²) in [6.07, 6.45) is 9.56. The molecule has 2 saturated heterocycles. The van der Waals surface area contributed by atoms with Crippen LogP contribution in [0.1, 0.15) is 63.9 Å². The maximum Gasteiger partial charge on any atom is 0.236 e. The van der Waals surface area contributed by atoms with Gasteiger partial charge in [0, 0.05) is 38.3 Å². The summed E-state index contributed by atoms with van der Waals surface area (Å²) in [6.45, 7) is 7.60. The van der Waals surface area contributed by atoms with Crippen LogP contribution >= 0.6 is 0 Å². The van der Waals surface area contributed by atoms with Crippen LogP contribution in [0.3, 0.4) is 0 Å². The Hall–Kier alpha value is -1.88. The van der Waals surface area contributed by atoms with Crippen LogP contribution in [0.5, 0.6) is 0 Å². The number of benzene rings is 1. The molecule has 0 radical (unpaired) electrons. The van der Waals surface area contributed by atoms with Crippen molar-refractivity contribution in [2.24, 2.45) is 5.92 Å². The third kappa shape index (κ3) is 4.66. The van der Waals surface area contributed by atoms with E-state index >= 15 is 0 Å². The largest absolute Gasteiger partial charge is 0.369 e. The minimum Gasteiger partial charge on any atom is -0.369 e. The van der Waals surface area contributed by atoms with E-state index in [1.807, 2.05) is 6.92 Å². The third-order valence-corrected chi connectivity index (χ3v) is 7.43. The van der Waals surface area contributed by atoms with Crippen molar-refractivity contribution in [1.82, 2.24) is 10.2 Å². The molecule has 1 aromatic rings. The summed E-state index contributed by atoms with van der Waals surface area (Å²) in [7, 11) is 0. The van der Waals surface area contributed by atoms with Crippen LogP contribution in [0.25, 0.3) is 0 Å². The highest BCUT2D eigenvalue weighted by Crippen LogP contribution is 2.33. The Morgan fingerprint density at radius 1 is 1.00 bits per heavy atom. The standard InChI is InChI=1S/C24H35N3O2/c1-24(13-11-22(28)25-23(24)29)20-7-9-21(10-8-20)27-17-15-26(16-18-27)14-12-19-5-3-2-4-6-19/h7-10,19H,2-6,11-18H2,1H3,(H,25,28,29)/t24-/m1/s1. The molecule has 0 unspecified atom stereocenters. The first-order chi connectivity index (χ1) is 14.0. The smallest absolute Gasteiger partial charge is 0.236 e. The van der Waals surface area contributed by atoms with Crippen LogP contribution in [0.15, 0.2) is 24.3 Å². The number of imide groups is 1. The Kier molecular flexibility index (Phi) is 6.23. The van der Waals surface area contributed by atoms with E-state index in [1.54, 1.807) is 0 Å². The first-order valence-electron chi connectivity index (χ1n) is 11.5. The number of rotatable bonds is 5. The molecule has 158 valence electrons. The number of nitrogens with zero attached hydrogens (tertiary/aromatic N) is 2. The predicted octanol–water partition coefficient (Wildman–Crippen LogP) is 3.47. The number of piperidine rings is 1. The highest BCUT2D eigenvalue weighted by Gasteiger charge is 2.39. The Morgan fingerprint density at radius 3 is 2.34 bits per heavy atom. The molecule has 5 nitrogen and oxygen atoms in total. The van der Waals surface area contributed by atoms with E-state index in [9.17, 15) is 9.59 Å². The number of hydrogen-bond acceptors (Lipinski definition) is 4. The van der Waals surface area contributed by atoms with Gasteiger partial charge in [0.15, 0.2) is 0 Å². The fraction of sp³-hybridized carbons (Fsp3) is 0.667. The molecule has 1 saturated carbocycles. The Balaban J connectivity index is 1.29. The molecule has 0 aromatic heterocycles. The summed E-state index contributed by atoms with van der Waals surface area (Å²) in [6, 6.07) is 8.42. The fourth-order valence-electron chi connectivity index (χ4n) is 5.19. The van der Waals surface area contributed by atoms with Crippen molar-refractivity contribution in [2.45, 2.75) is 63.7 Å². The van der Waals surface area contributed by atoms with Gasteiger partial charge in [0.05, 0.1) is 5.41 Å². The molecule has 3 aliphatic rings. The molecule has 1 aromatic carbocycles. The zero-order valence-electron chi connectivity index (χ0n) is 17.8. The summed E-state index contributed by atoms with van der Waals surface area (Å²) in [4.78, 5) is 28.9. The molecule has 1 aliphatic carbocycles. The molecule has 1 N–H and O–H groups in total. The van der Waals surface area contributed by atoms with E-state index in [-0.39, 0.29) is 11.8 Å². The predicted molar refractivity (Wildman–Crippen MR) is 116 cm³/mol. The quantitative estimate of drug-likeness (QED) is 0.773. The molecule has 29 heavy (non-hydrogen) atoms. The van der Waals surface area contributed by atoms with Crippen LogP contribution in [0.4, 0.5) is 5.69 Å². The summed E-state index contributed by atoms with van der Waals surface area (Å²) in [5.41, 5.74) is 1.62. The van der Waals surface area contributed by atoms with Gasteiger partial charge < -0.3 is 4.90 Å². The zero-order valence-corrected chi connectivity index (χ0v) is 17.8. The van der Waals surface area contributed by atoms with Gasteiger partial charge in [-0.15, -0.1) is 0 Å².